The molecular formula is C15H19FO4. The number of esters is 1. The normalized spacial score (nSPS) is 13.8. The molecule has 20 heavy (non-hydrogen) atoms. The van der Waals surface area contributed by atoms with E-state index in [1.54, 1.807) is 20.8 Å². The fourth-order valence-electron chi connectivity index (χ4n) is 2.24. The van der Waals surface area contributed by atoms with Gasteiger partial charge in [-0.3, -0.25) is 9.59 Å². The van der Waals surface area contributed by atoms with Crippen LogP contribution in [-0.2, 0) is 19.7 Å². The van der Waals surface area contributed by atoms with Crippen molar-refractivity contribution in [2.45, 2.75) is 32.6 Å². The number of rotatable bonds is 6. The molecular weight excluding hydrogens is 263 g/mol. The van der Waals surface area contributed by atoms with Gasteiger partial charge in [0.25, 0.3) is 0 Å². The van der Waals surface area contributed by atoms with Gasteiger partial charge in [-0.15, -0.1) is 0 Å². The van der Waals surface area contributed by atoms with Crippen LogP contribution in [0.1, 0.15) is 32.8 Å². The highest BCUT2D eigenvalue weighted by atomic mass is 19.1. The van der Waals surface area contributed by atoms with Gasteiger partial charge in [-0.1, -0.05) is 26.0 Å². The largest absolute Gasteiger partial charge is 0.480 e. The molecule has 0 saturated heterocycles. The lowest BCUT2D eigenvalue weighted by molar-refractivity contribution is -0.162. The summed E-state index contributed by atoms with van der Waals surface area (Å²) >= 11 is 0. The van der Waals surface area contributed by atoms with Crippen molar-refractivity contribution in [2.75, 3.05) is 6.61 Å². The molecule has 110 valence electrons. The van der Waals surface area contributed by atoms with Gasteiger partial charge in [0.15, 0.2) is 5.41 Å². The van der Waals surface area contributed by atoms with Crippen molar-refractivity contribution in [1.82, 2.24) is 0 Å². The van der Waals surface area contributed by atoms with E-state index in [2.05, 4.69) is 0 Å². The van der Waals surface area contributed by atoms with Crippen LogP contribution in [0.5, 0.6) is 0 Å². The smallest absolute Gasteiger partial charge is 0.328 e. The fraction of sp³-hybridized carbons (Fsp3) is 0.467. The summed E-state index contributed by atoms with van der Waals surface area (Å²) < 4.78 is 18.3. The van der Waals surface area contributed by atoms with E-state index in [0.717, 1.165) is 6.07 Å². The molecule has 0 heterocycles. The third-order valence-electron chi connectivity index (χ3n) is 3.02. The number of aliphatic carboxylic acids is 1. The molecule has 0 aliphatic carbocycles. The lowest BCUT2D eigenvalue weighted by Crippen LogP contribution is -2.46. The molecule has 4 nitrogen and oxygen atoms in total. The number of ether oxygens (including phenoxy) is 1. The quantitative estimate of drug-likeness (QED) is 0.643. The Balaban J connectivity index is 3.44. The SMILES string of the molecule is CCOC(=O)C(CC(C)C)(C(=O)O)c1cccc(F)c1. The number of halogens is 1. The summed E-state index contributed by atoms with van der Waals surface area (Å²) in [5, 5.41) is 9.59. The van der Waals surface area contributed by atoms with E-state index < -0.39 is 23.2 Å². The molecule has 0 aliphatic rings. The molecule has 0 bridgehead atoms. The molecule has 1 aromatic carbocycles. The first-order chi connectivity index (χ1) is 9.34. The molecule has 0 spiro atoms. The first-order valence-electron chi connectivity index (χ1n) is 6.51. The van der Waals surface area contributed by atoms with Crippen molar-refractivity contribution in [3.8, 4) is 0 Å². The van der Waals surface area contributed by atoms with Crippen molar-refractivity contribution in [2.24, 2.45) is 5.92 Å². The molecule has 1 rings (SSSR count). The average Bonchev–Trinajstić information content (AvgIpc) is 2.35. The predicted molar refractivity (Wildman–Crippen MR) is 71.8 cm³/mol. The molecule has 5 heteroatoms. The topological polar surface area (TPSA) is 63.6 Å². The van der Waals surface area contributed by atoms with Gasteiger partial charge < -0.3 is 9.84 Å². The van der Waals surface area contributed by atoms with Crippen molar-refractivity contribution in [1.29, 1.82) is 0 Å². The predicted octanol–water partition coefficient (Wildman–Crippen LogP) is 2.76. The Morgan fingerprint density at radius 1 is 1.40 bits per heavy atom. The van der Waals surface area contributed by atoms with Crippen molar-refractivity contribution in [3.05, 3.63) is 35.6 Å². The van der Waals surface area contributed by atoms with E-state index in [1.165, 1.54) is 18.2 Å². The summed E-state index contributed by atoms with van der Waals surface area (Å²) in [6.45, 7) is 5.28. The maximum Gasteiger partial charge on any atom is 0.328 e. The van der Waals surface area contributed by atoms with Crippen LogP contribution in [-0.4, -0.2) is 23.7 Å². The van der Waals surface area contributed by atoms with Gasteiger partial charge in [0.1, 0.15) is 5.82 Å². The highest BCUT2D eigenvalue weighted by molar-refractivity contribution is 6.05. The summed E-state index contributed by atoms with van der Waals surface area (Å²) in [6, 6.07) is 5.11. The van der Waals surface area contributed by atoms with E-state index in [1.807, 2.05) is 0 Å². The molecule has 0 aromatic heterocycles. The number of hydrogen-bond acceptors (Lipinski definition) is 3. The second kappa shape index (κ2) is 6.50. The summed E-state index contributed by atoms with van der Waals surface area (Å²) in [5.74, 6) is -2.83. The average molecular weight is 282 g/mol. The van der Waals surface area contributed by atoms with Crippen LogP contribution < -0.4 is 0 Å². The summed E-state index contributed by atoms with van der Waals surface area (Å²) in [7, 11) is 0. The minimum atomic E-state index is -1.87. The first-order valence-corrected chi connectivity index (χ1v) is 6.51. The van der Waals surface area contributed by atoms with Gasteiger partial charge in [0.2, 0.25) is 0 Å². The number of hydrogen-bond donors (Lipinski definition) is 1. The zero-order valence-corrected chi connectivity index (χ0v) is 11.9. The second-order valence-corrected chi connectivity index (χ2v) is 5.04. The van der Waals surface area contributed by atoms with E-state index in [9.17, 15) is 19.1 Å². The Bertz CT molecular complexity index is 498. The maximum absolute atomic E-state index is 13.4. The van der Waals surface area contributed by atoms with E-state index in [4.69, 9.17) is 4.74 Å². The number of carboxylic acid groups (broad SMARTS) is 1. The van der Waals surface area contributed by atoms with Crippen LogP contribution in [0.25, 0.3) is 0 Å². The number of benzene rings is 1. The zero-order chi connectivity index (χ0) is 15.3. The Hall–Kier alpha value is -1.91. The summed E-state index contributed by atoms with van der Waals surface area (Å²) in [5.41, 5.74) is -1.76. The number of carboxylic acids is 1. The van der Waals surface area contributed by atoms with Crippen LogP contribution in [0.2, 0.25) is 0 Å². The van der Waals surface area contributed by atoms with Gasteiger partial charge in [-0.2, -0.15) is 0 Å². The first kappa shape index (κ1) is 16.1. The highest BCUT2D eigenvalue weighted by Gasteiger charge is 2.49. The third-order valence-corrected chi connectivity index (χ3v) is 3.02. The molecule has 0 fully saturated rings. The number of carbonyl (C=O) groups excluding carboxylic acids is 1. The summed E-state index contributed by atoms with van der Waals surface area (Å²) in [6.07, 6.45) is 0.0463. The van der Waals surface area contributed by atoms with Gasteiger partial charge in [-0.25, -0.2) is 4.39 Å². The van der Waals surface area contributed by atoms with Gasteiger partial charge in [-0.05, 0) is 37.0 Å². The van der Waals surface area contributed by atoms with Crippen molar-refractivity contribution < 1.29 is 23.8 Å². The fourth-order valence-corrected chi connectivity index (χ4v) is 2.24. The molecule has 1 unspecified atom stereocenters. The summed E-state index contributed by atoms with van der Waals surface area (Å²) in [4.78, 5) is 24.0. The van der Waals surface area contributed by atoms with E-state index in [-0.39, 0.29) is 24.5 Å². The molecule has 1 aromatic rings. The van der Waals surface area contributed by atoms with Gasteiger partial charge in [0, 0.05) is 0 Å². The van der Waals surface area contributed by atoms with Gasteiger partial charge in [0.05, 0.1) is 6.61 Å². The van der Waals surface area contributed by atoms with Crippen LogP contribution in [0.4, 0.5) is 4.39 Å². The molecule has 0 radical (unpaired) electrons. The monoisotopic (exact) mass is 282 g/mol. The lowest BCUT2D eigenvalue weighted by Gasteiger charge is -2.29. The number of carbonyl (C=O) groups is 2. The minimum absolute atomic E-state index is 0.0463. The van der Waals surface area contributed by atoms with Crippen LogP contribution in [0, 0.1) is 11.7 Å². The second-order valence-electron chi connectivity index (χ2n) is 5.04. The highest BCUT2D eigenvalue weighted by Crippen LogP contribution is 2.34. The Morgan fingerprint density at radius 3 is 2.50 bits per heavy atom. The van der Waals surface area contributed by atoms with Crippen molar-refractivity contribution in [3.63, 3.8) is 0 Å². The van der Waals surface area contributed by atoms with E-state index >= 15 is 0 Å². The molecule has 0 amide bonds. The maximum atomic E-state index is 13.4. The molecule has 1 atom stereocenters. The van der Waals surface area contributed by atoms with Crippen molar-refractivity contribution >= 4 is 11.9 Å². The zero-order valence-electron chi connectivity index (χ0n) is 11.9. The minimum Gasteiger partial charge on any atom is -0.480 e. The molecule has 0 aliphatic heterocycles. The third kappa shape index (κ3) is 3.15. The van der Waals surface area contributed by atoms with Crippen LogP contribution in [0.15, 0.2) is 24.3 Å². The Kier molecular flexibility index (Phi) is 5.25. The van der Waals surface area contributed by atoms with Gasteiger partial charge >= 0.3 is 11.9 Å². The van der Waals surface area contributed by atoms with Crippen LogP contribution >= 0.6 is 0 Å². The lowest BCUT2D eigenvalue weighted by atomic mass is 9.74. The molecule has 0 saturated carbocycles. The van der Waals surface area contributed by atoms with E-state index in [0.29, 0.717) is 0 Å². The Morgan fingerprint density at radius 2 is 2.05 bits per heavy atom. The Labute approximate surface area is 117 Å². The standard InChI is InChI=1S/C15H19FO4/c1-4-20-14(19)15(13(17)18,9-10(2)3)11-6-5-7-12(16)8-11/h5-8,10H,4,9H2,1-3H3,(H,17,18). The van der Waals surface area contributed by atoms with Crippen LogP contribution in [0.3, 0.4) is 0 Å². The molecule has 1 N–H and O–H groups in total.